The summed E-state index contributed by atoms with van der Waals surface area (Å²) in [5.74, 6) is -0.525. The lowest BCUT2D eigenvalue weighted by Crippen LogP contribution is -2.13. The van der Waals surface area contributed by atoms with Crippen molar-refractivity contribution in [3.05, 3.63) is 81.6 Å². The Morgan fingerprint density at radius 3 is 2.43 bits per heavy atom. The molecule has 8 heteroatoms. The largest absolute Gasteiger partial charge is 0.465 e. The zero-order valence-electron chi connectivity index (χ0n) is 15.1. The topological polar surface area (TPSA) is 112 Å². The van der Waals surface area contributed by atoms with Crippen LogP contribution in [0.15, 0.2) is 59.0 Å². The van der Waals surface area contributed by atoms with Gasteiger partial charge in [-0.2, -0.15) is 0 Å². The molecule has 142 valence electrons. The molecule has 28 heavy (non-hydrogen) atoms. The number of nitro groups is 1. The van der Waals surface area contributed by atoms with Crippen LogP contribution in [0.25, 0.3) is 11.3 Å². The average molecular weight is 380 g/mol. The number of hydrogen-bond acceptors (Lipinski definition) is 6. The van der Waals surface area contributed by atoms with Crippen LogP contribution in [0.1, 0.15) is 26.5 Å². The van der Waals surface area contributed by atoms with E-state index in [-0.39, 0.29) is 11.4 Å². The Labute approximate surface area is 159 Å². The van der Waals surface area contributed by atoms with E-state index in [1.807, 2.05) is 0 Å². The third-order valence-corrected chi connectivity index (χ3v) is 4.10. The number of amides is 1. The Balaban J connectivity index is 1.79. The minimum Gasteiger partial charge on any atom is -0.465 e. The van der Waals surface area contributed by atoms with E-state index >= 15 is 0 Å². The predicted octanol–water partition coefficient (Wildman–Crippen LogP) is 4.20. The van der Waals surface area contributed by atoms with Crippen LogP contribution in [0.4, 0.5) is 11.4 Å². The summed E-state index contributed by atoms with van der Waals surface area (Å²) >= 11 is 0. The number of methoxy groups -OCH3 is 1. The molecule has 1 amide bonds. The first-order valence-electron chi connectivity index (χ1n) is 8.24. The zero-order valence-corrected chi connectivity index (χ0v) is 15.1. The molecule has 0 unspecified atom stereocenters. The van der Waals surface area contributed by atoms with Gasteiger partial charge in [0.15, 0.2) is 5.76 Å². The number of nitrogens with zero attached hydrogens (tertiary/aromatic N) is 1. The van der Waals surface area contributed by atoms with E-state index in [4.69, 9.17) is 4.42 Å². The van der Waals surface area contributed by atoms with Gasteiger partial charge in [0.1, 0.15) is 5.76 Å². The molecule has 1 aromatic heterocycles. The normalized spacial score (nSPS) is 10.4. The molecule has 3 rings (SSSR count). The molecule has 0 aliphatic rings. The molecule has 2 aromatic carbocycles. The number of rotatable bonds is 5. The number of hydrogen-bond donors (Lipinski definition) is 1. The highest BCUT2D eigenvalue weighted by Crippen LogP contribution is 2.25. The number of esters is 1. The quantitative estimate of drug-likeness (QED) is 0.403. The molecule has 0 spiro atoms. The molecule has 0 saturated heterocycles. The van der Waals surface area contributed by atoms with Crippen LogP contribution in [0.5, 0.6) is 0 Å². The van der Waals surface area contributed by atoms with Gasteiger partial charge in [0.25, 0.3) is 11.6 Å². The van der Waals surface area contributed by atoms with Crippen molar-refractivity contribution in [3.8, 4) is 11.3 Å². The number of nitro benzene ring substituents is 1. The number of carbonyl (C=O) groups excluding carboxylic acids is 2. The minimum atomic E-state index is -0.506. The van der Waals surface area contributed by atoms with Crippen LogP contribution in [-0.4, -0.2) is 23.9 Å². The summed E-state index contributed by atoms with van der Waals surface area (Å²) in [6, 6.07) is 13.8. The highest BCUT2D eigenvalue weighted by molar-refractivity contribution is 6.03. The summed E-state index contributed by atoms with van der Waals surface area (Å²) < 4.78 is 10.3. The third kappa shape index (κ3) is 3.90. The van der Waals surface area contributed by atoms with Crippen molar-refractivity contribution >= 4 is 23.3 Å². The fourth-order valence-corrected chi connectivity index (χ4v) is 2.55. The van der Waals surface area contributed by atoms with Crippen molar-refractivity contribution in [1.29, 1.82) is 0 Å². The van der Waals surface area contributed by atoms with Gasteiger partial charge in [-0.1, -0.05) is 6.07 Å². The SMILES string of the molecule is COC(=O)c1ccc(C)c(NC(=O)c2ccc(-c3ccc([N+](=O)[O-])cc3)o2)c1. The number of non-ortho nitro benzene ring substituents is 1. The molecule has 0 fully saturated rings. The van der Waals surface area contributed by atoms with Crippen LogP contribution < -0.4 is 5.32 Å². The van der Waals surface area contributed by atoms with Crippen molar-refractivity contribution in [2.75, 3.05) is 12.4 Å². The summed E-state index contributed by atoms with van der Waals surface area (Å²) in [7, 11) is 1.28. The molecule has 0 aliphatic carbocycles. The van der Waals surface area contributed by atoms with Crippen LogP contribution in [0.2, 0.25) is 0 Å². The standard InChI is InChI=1S/C20H16N2O6/c1-12-3-4-14(20(24)27-2)11-16(12)21-19(23)18-10-9-17(28-18)13-5-7-15(8-6-13)22(25)26/h3-11H,1-2H3,(H,21,23). The van der Waals surface area contributed by atoms with Gasteiger partial charge in [-0.05, 0) is 48.9 Å². The van der Waals surface area contributed by atoms with Crippen LogP contribution in [-0.2, 0) is 4.74 Å². The maximum atomic E-state index is 12.5. The zero-order chi connectivity index (χ0) is 20.3. The summed E-state index contributed by atoms with van der Waals surface area (Å²) in [5.41, 5.74) is 2.11. The first-order valence-corrected chi connectivity index (χ1v) is 8.24. The van der Waals surface area contributed by atoms with E-state index in [9.17, 15) is 19.7 Å². The molecule has 0 saturated carbocycles. The molecular formula is C20H16N2O6. The lowest BCUT2D eigenvalue weighted by Gasteiger charge is -2.09. The summed E-state index contributed by atoms with van der Waals surface area (Å²) in [5, 5.41) is 13.4. The second-order valence-electron chi connectivity index (χ2n) is 5.94. The van der Waals surface area contributed by atoms with E-state index in [2.05, 4.69) is 10.1 Å². The van der Waals surface area contributed by atoms with E-state index in [1.165, 1.54) is 31.4 Å². The molecule has 0 atom stereocenters. The highest BCUT2D eigenvalue weighted by Gasteiger charge is 2.16. The number of nitrogens with one attached hydrogen (secondary N) is 1. The minimum absolute atomic E-state index is 0.0331. The number of furan rings is 1. The number of anilines is 1. The highest BCUT2D eigenvalue weighted by atomic mass is 16.6. The van der Waals surface area contributed by atoms with Crippen LogP contribution in [0.3, 0.4) is 0 Å². The van der Waals surface area contributed by atoms with Gasteiger partial charge in [0.05, 0.1) is 17.6 Å². The Hall–Kier alpha value is -3.94. The second kappa shape index (κ2) is 7.75. The van der Waals surface area contributed by atoms with Gasteiger partial charge in [-0.25, -0.2) is 4.79 Å². The molecule has 0 bridgehead atoms. The smallest absolute Gasteiger partial charge is 0.337 e. The van der Waals surface area contributed by atoms with Crippen molar-refractivity contribution in [2.45, 2.75) is 6.92 Å². The Bertz CT molecular complexity index is 1050. The summed E-state index contributed by atoms with van der Waals surface area (Å²) in [6.45, 7) is 1.79. The van der Waals surface area contributed by atoms with Crippen molar-refractivity contribution in [3.63, 3.8) is 0 Å². The molecule has 3 aromatic rings. The van der Waals surface area contributed by atoms with E-state index in [1.54, 1.807) is 37.3 Å². The number of ether oxygens (including phenoxy) is 1. The van der Waals surface area contributed by atoms with Gasteiger partial charge in [-0.3, -0.25) is 14.9 Å². The van der Waals surface area contributed by atoms with E-state index < -0.39 is 16.8 Å². The molecule has 0 radical (unpaired) electrons. The molecule has 8 nitrogen and oxygen atoms in total. The van der Waals surface area contributed by atoms with Gasteiger partial charge in [0.2, 0.25) is 0 Å². The molecule has 1 N–H and O–H groups in total. The van der Waals surface area contributed by atoms with Crippen LogP contribution >= 0.6 is 0 Å². The Kier molecular flexibility index (Phi) is 5.21. The Morgan fingerprint density at radius 1 is 1.07 bits per heavy atom. The monoisotopic (exact) mass is 380 g/mol. The first-order chi connectivity index (χ1) is 13.4. The van der Waals surface area contributed by atoms with E-state index in [0.29, 0.717) is 22.6 Å². The molecular weight excluding hydrogens is 364 g/mol. The lowest BCUT2D eigenvalue weighted by atomic mass is 10.1. The average Bonchev–Trinajstić information content (AvgIpc) is 3.19. The third-order valence-electron chi connectivity index (χ3n) is 4.10. The van der Waals surface area contributed by atoms with Crippen molar-refractivity contribution in [2.24, 2.45) is 0 Å². The summed E-state index contributed by atoms with van der Waals surface area (Å²) in [4.78, 5) is 34.4. The molecule has 1 heterocycles. The van der Waals surface area contributed by atoms with Crippen LogP contribution in [0, 0.1) is 17.0 Å². The number of aryl methyl sites for hydroxylation is 1. The predicted molar refractivity (Wildman–Crippen MR) is 101 cm³/mol. The maximum absolute atomic E-state index is 12.5. The Morgan fingerprint density at radius 2 is 1.79 bits per heavy atom. The fraction of sp³-hybridized carbons (Fsp3) is 0.100. The van der Waals surface area contributed by atoms with E-state index in [0.717, 1.165) is 5.56 Å². The fourth-order valence-electron chi connectivity index (χ4n) is 2.55. The van der Waals surface area contributed by atoms with Crippen molar-refractivity contribution < 1.29 is 23.7 Å². The number of benzene rings is 2. The van der Waals surface area contributed by atoms with Crippen molar-refractivity contribution in [1.82, 2.24) is 0 Å². The maximum Gasteiger partial charge on any atom is 0.337 e. The first kappa shape index (κ1) is 18.8. The van der Waals surface area contributed by atoms with Gasteiger partial charge in [0, 0.05) is 23.4 Å². The van der Waals surface area contributed by atoms with Gasteiger partial charge >= 0.3 is 5.97 Å². The lowest BCUT2D eigenvalue weighted by molar-refractivity contribution is -0.384. The van der Waals surface area contributed by atoms with Gasteiger partial charge in [-0.15, -0.1) is 0 Å². The summed E-state index contributed by atoms with van der Waals surface area (Å²) in [6.07, 6.45) is 0. The number of carbonyl (C=O) groups is 2. The molecule has 0 aliphatic heterocycles. The second-order valence-corrected chi connectivity index (χ2v) is 5.94. The van der Waals surface area contributed by atoms with Gasteiger partial charge < -0.3 is 14.5 Å².